The zero-order valence-corrected chi connectivity index (χ0v) is 13.1. The molecule has 116 valence electrons. The summed E-state index contributed by atoms with van der Waals surface area (Å²) >= 11 is 0. The SMILES string of the molecule is CC1(C(=O)NCC(=O)N2CCCCC2)CCCNC1.Cl. The molecule has 2 fully saturated rings. The van der Waals surface area contributed by atoms with Crippen LogP contribution < -0.4 is 10.6 Å². The molecule has 0 aromatic heterocycles. The third-order valence-corrected chi connectivity index (χ3v) is 4.25. The highest BCUT2D eigenvalue weighted by molar-refractivity contribution is 5.88. The molecule has 0 aromatic rings. The summed E-state index contributed by atoms with van der Waals surface area (Å²) in [4.78, 5) is 26.0. The van der Waals surface area contributed by atoms with Crippen molar-refractivity contribution in [1.29, 1.82) is 0 Å². The highest BCUT2D eigenvalue weighted by Crippen LogP contribution is 2.25. The predicted octanol–water partition coefficient (Wildman–Crippen LogP) is 0.927. The van der Waals surface area contributed by atoms with Crippen molar-refractivity contribution in [2.24, 2.45) is 5.41 Å². The molecule has 2 aliphatic rings. The Hall–Kier alpha value is -0.810. The van der Waals surface area contributed by atoms with Crippen LogP contribution in [-0.2, 0) is 9.59 Å². The molecular weight excluding hydrogens is 278 g/mol. The van der Waals surface area contributed by atoms with Gasteiger partial charge in [0.05, 0.1) is 12.0 Å². The van der Waals surface area contributed by atoms with Crippen molar-refractivity contribution >= 4 is 24.2 Å². The lowest BCUT2D eigenvalue weighted by Crippen LogP contribution is -2.51. The molecule has 2 N–H and O–H groups in total. The molecule has 0 bridgehead atoms. The first-order chi connectivity index (χ1) is 9.12. The van der Waals surface area contributed by atoms with Crippen LogP contribution in [-0.4, -0.2) is 49.4 Å². The number of hydrogen-bond donors (Lipinski definition) is 2. The number of likely N-dealkylation sites (tertiary alicyclic amines) is 1. The fourth-order valence-electron chi connectivity index (χ4n) is 2.87. The topological polar surface area (TPSA) is 61.4 Å². The van der Waals surface area contributed by atoms with E-state index in [1.54, 1.807) is 0 Å². The van der Waals surface area contributed by atoms with Crippen molar-refractivity contribution in [1.82, 2.24) is 15.5 Å². The van der Waals surface area contributed by atoms with Crippen molar-refractivity contribution in [3.8, 4) is 0 Å². The number of rotatable bonds is 3. The van der Waals surface area contributed by atoms with Gasteiger partial charge in [-0.15, -0.1) is 12.4 Å². The number of amides is 2. The molecule has 5 nitrogen and oxygen atoms in total. The Morgan fingerprint density at radius 1 is 1.20 bits per heavy atom. The van der Waals surface area contributed by atoms with Crippen molar-refractivity contribution in [3.63, 3.8) is 0 Å². The van der Waals surface area contributed by atoms with Gasteiger partial charge in [0.15, 0.2) is 0 Å². The Labute approximate surface area is 127 Å². The molecule has 1 atom stereocenters. The van der Waals surface area contributed by atoms with E-state index < -0.39 is 0 Å². The summed E-state index contributed by atoms with van der Waals surface area (Å²) in [6, 6.07) is 0. The Bertz CT molecular complexity index is 337. The second kappa shape index (κ2) is 7.84. The highest BCUT2D eigenvalue weighted by Gasteiger charge is 2.34. The summed E-state index contributed by atoms with van der Waals surface area (Å²) in [5, 5.41) is 6.07. The third kappa shape index (κ3) is 4.35. The average Bonchev–Trinajstić information content (AvgIpc) is 2.46. The average molecular weight is 304 g/mol. The largest absolute Gasteiger partial charge is 0.347 e. The van der Waals surface area contributed by atoms with E-state index in [1.165, 1.54) is 6.42 Å². The molecule has 2 heterocycles. The molecule has 2 rings (SSSR count). The van der Waals surface area contributed by atoms with Crippen LogP contribution in [0, 0.1) is 5.41 Å². The minimum Gasteiger partial charge on any atom is -0.347 e. The first kappa shape index (κ1) is 17.2. The predicted molar refractivity (Wildman–Crippen MR) is 80.9 cm³/mol. The Kier molecular flexibility index (Phi) is 6.76. The number of hydrogen-bond acceptors (Lipinski definition) is 3. The van der Waals surface area contributed by atoms with Gasteiger partial charge in [0.2, 0.25) is 11.8 Å². The standard InChI is InChI=1S/C14H25N3O2.ClH/c1-14(6-5-7-15-11-14)13(19)16-10-12(18)17-8-3-2-4-9-17;/h15H,2-11H2,1H3,(H,16,19);1H. The van der Waals surface area contributed by atoms with Crippen molar-refractivity contribution in [2.75, 3.05) is 32.7 Å². The smallest absolute Gasteiger partial charge is 0.241 e. The lowest BCUT2D eigenvalue weighted by Gasteiger charge is -2.33. The lowest BCUT2D eigenvalue weighted by molar-refractivity contribution is -0.137. The molecule has 0 saturated carbocycles. The highest BCUT2D eigenvalue weighted by atomic mass is 35.5. The Morgan fingerprint density at radius 2 is 1.90 bits per heavy atom. The molecule has 0 spiro atoms. The maximum atomic E-state index is 12.2. The summed E-state index contributed by atoms with van der Waals surface area (Å²) in [5.74, 6) is 0.0606. The van der Waals surface area contributed by atoms with E-state index in [2.05, 4.69) is 10.6 Å². The number of carbonyl (C=O) groups excluding carboxylic acids is 2. The van der Waals surface area contributed by atoms with Gasteiger partial charge in [0.25, 0.3) is 0 Å². The molecule has 0 aliphatic carbocycles. The van der Waals surface area contributed by atoms with E-state index >= 15 is 0 Å². The monoisotopic (exact) mass is 303 g/mol. The fourth-order valence-corrected chi connectivity index (χ4v) is 2.87. The van der Waals surface area contributed by atoms with E-state index in [9.17, 15) is 9.59 Å². The minimum absolute atomic E-state index is 0. The quantitative estimate of drug-likeness (QED) is 0.815. The van der Waals surface area contributed by atoms with Crippen LogP contribution in [0.3, 0.4) is 0 Å². The molecule has 6 heteroatoms. The van der Waals surface area contributed by atoms with Crippen LogP contribution >= 0.6 is 12.4 Å². The Balaban J connectivity index is 0.00000200. The third-order valence-electron chi connectivity index (χ3n) is 4.25. The molecule has 0 radical (unpaired) electrons. The van der Waals surface area contributed by atoms with Crippen LogP contribution in [0.1, 0.15) is 39.0 Å². The van der Waals surface area contributed by atoms with Gasteiger partial charge in [-0.3, -0.25) is 9.59 Å². The van der Waals surface area contributed by atoms with E-state index in [0.717, 1.165) is 45.3 Å². The maximum Gasteiger partial charge on any atom is 0.241 e. The zero-order chi connectivity index (χ0) is 13.7. The zero-order valence-electron chi connectivity index (χ0n) is 12.2. The molecule has 2 saturated heterocycles. The summed E-state index contributed by atoms with van der Waals surface area (Å²) in [6.07, 6.45) is 5.29. The van der Waals surface area contributed by atoms with Gasteiger partial charge in [0.1, 0.15) is 0 Å². The van der Waals surface area contributed by atoms with Gasteiger partial charge >= 0.3 is 0 Å². The molecule has 0 aromatic carbocycles. The van der Waals surface area contributed by atoms with Crippen molar-refractivity contribution < 1.29 is 9.59 Å². The second-order valence-electron chi connectivity index (χ2n) is 5.97. The minimum atomic E-state index is -0.361. The van der Waals surface area contributed by atoms with E-state index in [0.29, 0.717) is 6.54 Å². The van der Waals surface area contributed by atoms with E-state index in [4.69, 9.17) is 0 Å². The van der Waals surface area contributed by atoms with Crippen LogP contribution in [0.4, 0.5) is 0 Å². The van der Waals surface area contributed by atoms with E-state index in [-0.39, 0.29) is 36.2 Å². The van der Waals surface area contributed by atoms with Gasteiger partial charge in [-0.25, -0.2) is 0 Å². The Morgan fingerprint density at radius 3 is 2.50 bits per heavy atom. The summed E-state index contributed by atoms with van der Waals surface area (Å²) in [5.41, 5.74) is -0.361. The van der Waals surface area contributed by atoms with E-state index in [1.807, 2.05) is 11.8 Å². The van der Waals surface area contributed by atoms with Gasteiger partial charge in [-0.2, -0.15) is 0 Å². The number of nitrogens with zero attached hydrogens (tertiary/aromatic N) is 1. The van der Waals surface area contributed by atoms with Gasteiger partial charge < -0.3 is 15.5 Å². The first-order valence-corrected chi connectivity index (χ1v) is 7.39. The van der Waals surface area contributed by atoms with Gasteiger partial charge in [-0.05, 0) is 45.6 Å². The molecule has 20 heavy (non-hydrogen) atoms. The maximum absolute atomic E-state index is 12.2. The van der Waals surface area contributed by atoms with Crippen LogP contribution in [0.25, 0.3) is 0 Å². The fraction of sp³-hybridized carbons (Fsp3) is 0.857. The molecule has 2 amide bonds. The van der Waals surface area contributed by atoms with Crippen LogP contribution in [0.5, 0.6) is 0 Å². The number of nitrogens with one attached hydrogen (secondary N) is 2. The van der Waals surface area contributed by atoms with Crippen molar-refractivity contribution in [3.05, 3.63) is 0 Å². The molecule has 1 unspecified atom stereocenters. The number of carbonyl (C=O) groups is 2. The second-order valence-corrected chi connectivity index (χ2v) is 5.97. The summed E-state index contributed by atoms with van der Waals surface area (Å²) in [6.45, 7) is 5.49. The summed E-state index contributed by atoms with van der Waals surface area (Å²) < 4.78 is 0. The van der Waals surface area contributed by atoms with Gasteiger partial charge in [-0.1, -0.05) is 0 Å². The summed E-state index contributed by atoms with van der Waals surface area (Å²) in [7, 11) is 0. The van der Waals surface area contributed by atoms with Crippen molar-refractivity contribution in [2.45, 2.75) is 39.0 Å². The van der Waals surface area contributed by atoms with Crippen LogP contribution in [0.15, 0.2) is 0 Å². The molecular formula is C14H26ClN3O2. The van der Waals surface area contributed by atoms with Gasteiger partial charge in [0, 0.05) is 19.6 Å². The number of piperidine rings is 2. The number of halogens is 1. The first-order valence-electron chi connectivity index (χ1n) is 7.39. The lowest BCUT2D eigenvalue weighted by atomic mass is 9.82. The van der Waals surface area contributed by atoms with Crippen LogP contribution in [0.2, 0.25) is 0 Å². The normalized spacial score (nSPS) is 26.6. The molecule has 2 aliphatic heterocycles.